The molecule has 21 heavy (non-hydrogen) atoms. The zero-order valence-electron chi connectivity index (χ0n) is 11.6. The Bertz CT molecular complexity index is 519. The van der Waals surface area contributed by atoms with Gasteiger partial charge in [0.05, 0.1) is 0 Å². The average molecular weight is 292 g/mol. The predicted octanol–water partition coefficient (Wildman–Crippen LogP) is 3.36. The van der Waals surface area contributed by atoms with Crippen LogP contribution in [0, 0.1) is 11.6 Å². The lowest BCUT2D eigenvalue weighted by atomic mass is 9.82. The Morgan fingerprint density at radius 2 is 1.19 bits per heavy atom. The summed E-state index contributed by atoms with van der Waals surface area (Å²) in [5.74, 6) is -0.758. The summed E-state index contributed by atoms with van der Waals surface area (Å²) in [6.45, 7) is 0.0446. The third-order valence-electron chi connectivity index (χ3n) is 3.59. The van der Waals surface area contributed by atoms with E-state index in [1.165, 1.54) is 48.5 Å². The Kier molecular flexibility index (Phi) is 5.04. The Hall–Kier alpha value is -1.78. The van der Waals surface area contributed by atoms with Crippen LogP contribution in [0.25, 0.3) is 0 Å². The Labute approximate surface area is 122 Å². The highest BCUT2D eigenvalue weighted by molar-refractivity contribution is 5.36. The molecule has 0 heterocycles. The average Bonchev–Trinajstić information content (AvgIpc) is 2.48. The number of unbranched alkanes of at least 4 members (excludes halogenated alkanes) is 1. The maximum absolute atomic E-state index is 13.1. The van der Waals surface area contributed by atoms with Gasteiger partial charge in [0.1, 0.15) is 17.2 Å². The minimum absolute atomic E-state index is 0.0446. The first-order valence-electron chi connectivity index (χ1n) is 6.91. The molecule has 0 saturated carbocycles. The van der Waals surface area contributed by atoms with Crippen molar-refractivity contribution in [2.24, 2.45) is 0 Å². The van der Waals surface area contributed by atoms with Crippen molar-refractivity contribution in [3.8, 4) is 0 Å². The van der Waals surface area contributed by atoms with Gasteiger partial charge >= 0.3 is 0 Å². The van der Waals surface area contributed by atoms with Gasteiger partial charge in [-0.3, -0.25) is 0 Å². The van der Waals surface area contributed by atoms with Gasteiger partial charge in [0.15, 0.2) is 0 Å². The fourth-order valence-corrected chi connectivity index (χ4v) is 2.40. The standard InChI is InChI=1S/C17H18F2O2/c18-15-7-3-13(4-8-15)17(21,11-1-2-12-20)14-5-9-16(19)10-6-14/h3-10,20-21H,1-2,11-12H2. The number of hydrogen-bond donors (Lipinski definition) is 2. The molecule has 0 saturated heterocycles. The van der Waals surface area contributed by atoms with Gasteiger partial charge in [0, 0.05) is 6.61 Å². The SMILES string of the molecule is OCCCCC(O)(c1ccc(F)cc1)c1ccc(F)cc1. The lowest BCUT2D eigenvalue weighted by molar-refractivity contribution is 0.0663. The fraction of sp³-hybridized carbons (Fsp3) is 0.294. The number of aliphatic hydroxyl groups excluding tert-OH is 1. The summed E-state index contributed by atoms with van der Waals surface area (Å²) in [6, 6.07) is 11.3. The minimum Gasteiger partial charge on any atom is -0.396 e. The van der Waals surface area contributed by atoms with Crippen molar-refractivity contribution in [1.82, 2.24) is 0 Å². The van der Waals surface area contributed by atoms with E-state index in [4.69, 9.17) is 5.11 Å². The van der Waals surface area contributed by atoms with E-state index in [0.717, 1.165) is 0 Å². The van der Waals surface area contributed by atoms with Gasteiger partial charge in [-0.05, 0) is 54.7 Å². The summed E-state index contributed by atoms with van der Waals surface area (Å²) in [6.07, 6.45) is 1.53. The molecule has 0 amide bonds. The lowest BCUT2D eigenvalue weighted by Gasteiger charge is -2.29. The summed E-state index contributed by atoms with van der Waals surface area (Å²) in [5.41, 5.74) is -0.224. The molecular weight excluding hydrogens is 274 g/mol. The number of aliphatic hydroxyl groups is 2. The molecular formula is C17H18F2O2. The molecule has 2 N–H and O–H groups in total. The highest BCUT2D eigenvalue weighted by Crippen LogP contribution is 2.34. The molecule has 2 aromatic carbocycles. The summed E-state index contributed by atoms with van der Waals surface area (Å²) < 4.78 is 26.1. The molecule has 0 aliphatic rings. The monoisotopic (exact) mass is 292 g/mol. The van der Waals surface area contributed by atoms with Crippen LogP contribution >= 0.6 is 0 Å². The van der Waals surface area contributed by atoms with Gasteiger partial charge < -0.3 is 10.2 Å². The van der Waals surface area contributed by atoms with Gasteiger partial charge in [-0.1, -0.05) is 24.3 Å². The van der Waals surface area contributed by atoms with E-state index in [2.05, 4.69) is 0 Å². The molecule has 0 atom stereocenters. The van der Waals surface area contributed by atoms with E-state index in [0.29, 0.717) is 30.4 Å². The van der Waals surface area contributed by atoms with Crippen LogP contribution in [0.2, 0.25) is 0 Å². The Morgan fingerprint density at radius 1 is 0.762 bits per heavy atom. The summed E-state index contributed by atoms with van der Waals surface area (Å²) in [5, 5.41) is 19.9. The Morgan fingerprint density at radius 3 is 1.57 bits per heavy atom. The number of benzene rings is 2. The van der Waals surface area contributed by atoms with E-state index < -0.39 is 5.60 Å². The zero-order chi connectivity index (χ0) is 15.3. The molecule has 0 fully saturated rings. The first-order valence-corrected chi connectivity index (χ1v) is 6.91. The smallest absolute Gasteiger partial charge is 0.123 e. The summed E-state index contributed by atoms with van der Waals surface area (Å²) in [4.78, 5) is 0. The third kappa shape index (κ3) is 3.65. The van der Waals surface area contributed by atoms with Crippen molar-refractivity contribution in [2.75, 3.05) is 6.61 Å². The second-order valence-corrected chi connectivity index (χ2v) is 5.05. The molecule has 0 unspecified atom stereocenters. The van der Waals surface area contributed by atoms with Crippen LogP contribution in [0.4, 0.5) is 8.78 Å². The second-order valence-electron chi connectivity index (χ2n) is 5.05. The van der Waals surface area contributed by atoms with E-state index in [-0.39, 0.29) is 18.2 Å². The van der Waals surface area contributed by atoms with Crippen LogP contribution in [0.1, 0.15) is 30.4 Å². The van der Waals surface area contributed by atoms with Crippen molar-refractivity contribution in [1.29, 1.82) is 0 Å². The van der Waals surface area contributed by atoms with Crippen LogP contribution in [0.5, 0.6) is 0 Å². The number of hydrogen-bond acceptors (Lipinski definition) is 2. The van der Waals surface area contributed by atoms with E-state index >= 15 is 0 Å². The van der Waals surface area contributed by atoms with E-state index in [1.54, 1.807) is 0 Å². The van der Waals surface area contributed by atoms with Crippen LogP contribution < -0.4 is 0 Å². The summed E-state index contributed by atoms with van der Waals surface area (Å²) >= 11 is 0. The lowest BCUT2D eigenvalue weighted by Crippen LogP contribution is -2.27. The molecule has 0 radical (unpaired) electrons. The third-order valence-corrected chi connectivity index (χ3v) is 3.59. The fourth-order valence-electron chi connectivity index (χ4n) is 2.40. The molecule has 4 heteroatoms. The molecule has 0 bridgehead atoms. The van der Waals surface area contributed by atoms with Crippen molar-refractivity contribution >= 4 is 0 Å². The summed E-state index contributed by atoms with van der Waals surface area (Å²) in [7, 11) is 0. The van der Waals surface area contributed by atoms with Gasteiger partial charge in [-0.2, -0.15) is 0 Å². The second kappa shape index (κ2) is 6.78. The van der Waals surface area contributed by atoms with Crippen LogP contribution in [0.15, 0.2) is 48.5 Å². The molecule has 2 aromatic rings. The largest absolute Gasteiger partial charge is 0.396 e. The zero-order valence-corrected chi connectivity index (χ0v) is 11.6. The van der Waals surface area contributed by atoms with Crippen molar-refractivity contribution in [3.63, 3.8) is 0 Å². The van der Waals surface area contributed by atoms with E-state index in [1.807, 2.05) is 0 Å². The first-order chi connectivity index (χ1) is 10.1. The van der Waals surface area contributed by atoms with Crippen LogP contribution in [0.3, 0.4) is 0 Å². The van der Waals surface area contributed by atoms with Crippen LogP contribution in [-0.2, 0) is 5.60 Å². The van der Waals surface area contributed by atoms with Crippen molar-refractivity contribution in [3.05, 3.63) is 71.3 Å². The van der Waals surface area contributed by atoms with Crippen molar-refractivity contribution in [2.45, 2.75) is 24.9 Å². The number of rotatable bonds is 6. The quantitative estimate of drug-likeness (QED) is 0.801. The molecule has 112 valence electrons. The number of halogens is 2. The topological polar surface area (TPSA) is 40.5 Å². The predicted molar refractivity (Wildman–Crippen MR) is 76.7 cm³/mol. The van der Waals surface area contributed by atoms with Crippen LogP contribution in [-0.4, -0.2) is 16.8 Å². The molecule has 2 nitrogen and oxygen atoms in total. The van der Waals surface area contributed by atoms with E-state index in [9.17, 15) is 13.9 Å². The Balaban J connectivity index is 2.37. The minimum atomic E-state index is -1.32. The van der Waals surface area contributed by atoms with Crippen molar-refractivity contribution < 1.29 is 19.0 Å². The molecule has 0 aliphatic carbocycles. The highest BCUT2D eigenvalue weighted by Gasteiger charge is 2.31. The maximum atomic E-state index is 13.1. The normalized spacial score (nSPS) is 11.6. The molecule has 0 aliphatic heterocycles. The first kappa shape index (κ1) is 15.6. The van der Waals surface area contributed by atoms with Gasteiger partial charge in [0.2, 0.25) is 0 Å². The van der Waals surface area contributed by atoms with Gasteiger partial charge in [-0.15, -0.1) is 0 Å². The van der Waals surface area contributed by atoms with Gasteiger partial charge in [0.25, 0.3) is 0 Å². The molecule has 0 aromatic heterocycles. The maximum Gasteiger partial charge on any atom is 0.123 e. The highest BCUT2D eigenvalue weighted by atomic mass is 19.1. The molecule has 0 spiro atoms. The molecule has 2 rings (SSSR count). The van der Waals surface area contributed by atoms with Gasteiger partial charge in [-0.25, -0.2) is 8.78 Å².